The van der Waals surface area contributed by atoms with Crippen molar-refractivity contribution in [1.82, 2.24) is 4.90 Å². The van der Waals surface area contributed by atoms with Crippen LogP contribution in [0.3, 0.4) is 0 Å². The SMILES string of the molecule is COc1ccc(C(C)(C)C)cc1C1CC2(CCN(C(=O)OC(C)(C)C)CC2)C1. The minimum absolute atomic E-state index is 0.140. The number of ether oxygens (including phenoxy) is 2. The van der Waals surface area contributed by atoms with Gasteiger partial charge < -0.3 is 14.4 Å². The molecule has 1 aliphatic heterocycles. The van der Waals surface area contributed by atoms with E-state index in [9.17, 15) is 4.79 Å². The molecule has 0 atom stereocenters. The van der Waals surface area contributed by atoms with Crippen LogP contribution in [0, 0.1) is 5.41 Å². The van der Waals surface area contributed by atoms with Gasteiger partial charge >= 0.3 is 6.09 Å². The molecule has 1 amide bonds. The summed E-state index contributed by atoms with van der Waals surface area (Å²) in [5, 5.41) is 0. The number of hydrogen-bond acceptors (Lipinski definition) is 3. The molecule has 0 aromatic heterocycles. The Morgan fingerprint density at radius 3 is 2.18 bits per heavy atom. The summed E-state index contributed by atoms with van der Waals surface area (Å²) in [5.74, 6) is 1.57. The summed E-state index contributed by atoms with van der Waals surface area (Å²) >= 11 is 0. The van der Waals surface area contributed by atoms with Crippen LogP contribution in [0.2, 0.25) is 0 Å². The third-order valence-electron chi connectivity index (χ3n) is 6.37. The molecule has 4 heteroatoms. The predicted octanol–water partition coefficient (Wildman–Crippen LogP) is 5.89. The summed E-state index contributed by atoms with van der Waals surface area (Å²) < 4.78 is 11.2. The van der Waals surface area contributed by atoms with Gasteiger partial charge in [0.1, 0.15) is 11.4 Å². The van der Waals surface area contributed by atoms with Crippen LogP contribution in [0.1, 0.15) is 84.3 Å². The highest BCUT2D eigenvalue weighted by Gasteiger charge is 2.47. The zero-order valence-corrected chi connectivity index (χ0v) is 18.7. The summed E-state index contributed by atoms with van der Waals surface area (Å²) in [4.78, 5) is 14.2. The average Bonchev–Trinajstić information content (AvgIpc) is 2.57. The van der Waals surface area contributed by atoms with E-state index in [4.69, 9.17) is 9.47 Å². The molecular formula is C24H37NO3. The third-order valence-corrected chi connectivity index (χ3v) is 6.37. The van der Waals surface area contributed by atoms with E-state index in [1.165, 1.54) is 24.0 Å². The van der Waals surface area contributed by atoms with Gasteiger partial charge in [-0.25, -0.2) is 4.79 Å². The van der Waals surface area contributed by atoms with Crippen LogP contribution in [0.4, 0.5) is 4.79 Å². The van der Waals surface area contributed by atoms with Crippen molar-refractivity contribution in [2.24, 2.45) is 5.41 Å². The third kappa shape index (κ3) is 4.47. The maximum absolute atomic E-state index is 12.3. The summed E-state index contributed by atoms with van der Waals surface area (Å²) in [6.45, 7) is 14.2. The molecule has 3 rings (SSSR count). The molecule has 1 aromatic rings. The van der Waals surface area contributed by atoms with Crippen LogP contribution >= 0.6 is 0 Å². The van der Waals surface area contributed by atoms with E-state index in [1.807, 2.05) is 25.7 Å². The Hall–Kier alpha value is -1.71. The van der Waals surface area contributed by atoms with Crippen molar-refractivity contribution >= 4 is 6.09 Å². The van der Waals surface area contributed by atoms with Gasteiger partial charge in [-0.2, -0.15) is 0 Å². The highest BCUT2D eigenvalue weighted by atomic mass is 16.6. The lowest BCUT2D eigenvalue weighted by Crippen LogP contribution is -2.49. The van der Waals surface area contributed by atoms with Crippen LogP contribution in [0.25, 0.3) is 0 Å². The average molecular weight is 388 g/mol. The number of amides is 1. The van der Waals surface area contributed by atoms with E-state index >= 15 is 0 Å². The number of carbonyl (C=O) groups is 1. The zero-order chi connectivity index (χ0) is 20.7. The summed E-state index contributed by atoms with van der Waals surface area (Å²) in [5.41, 5.74) is 2.81. The van der Waals surface area contributed by atoms with Gasteiger partial charge in [0, 0.05) is 13.1 Å². The largest absolute Gasteiger partial charge is 0.496 e. The van der Waals surface area contributed by atoms with Crippen molar-refractivity contribution in [1.29, 1.82) is 0 Å². The zero-order valence-electron chi connectivity index (χ0n) is 18.7. The first-order valence-corrected chi connectivity index (χ1v) is 10.6. The maximum atomic E-state index is 12.3. The molecule has 1 aliphatic carbocycles. The van der Waals surface area contributed by atoms with Crippen LogP contribution in [0.5, 0.6) is 5.75 Å². The van der Waals surface area contributed by atoms with Gasteiger partial charge in [-0.1, -0.05) is 32.9 Å². The molecular weight excluding hydrogens is 350 g/mol. The molecule has 1 spiro atoms. The number of carbonyl (C=O) groups excluding carboxylic acids is 1. The Balaban J connectivity index is 1.63. The number of nitrogens with zero attached hydrogens (tertiary/aromatic N) is 1. The quantitative estimate of drug-likeness (QED) is 0.635. The Morgan fingerprint density at radius 1 is 1.07 bits per heavy atom. The van der Waals surface area contributed by atoms with Gasteiger partial charge in [-0.3, -0.25) is 0 Å². The predicted molar refractivity (Wildman–Crippen MR) is 113 cm³/mol. The van der Waals surface area contributed by atoms with E-state index < -0.39 is 5.60 Å². The van der Waals surface area contributed by atoms with Crippen molar-refractivity contribution in [3.8, 4) is 5.75 Å². The molecule has 0 radical (unpaired) electrons. The van der Waals surface area contributed by atoms with Crippen LogP contribution in [0.15, 0.2) is 18.2 Å². The fourth-order valence-electron chi connectivity index (χ4n) is 4.62. The van der Waals surface area contributed by atoms with Gasteiger partial charge in [0.15, 0.2) is 0 Å². The Bertz CT molecular complexity index is 710. The maximum Gasteiger partial charge on any atom is 0.410 e. The summed E-state index contributed by atoms with van der Waals surface area (Å²) in [7, 11) is 1.77. The van der Waals surface area contributed by atoms with Crippen molar-refractivity contribution in [2.45, 2.75) is 84.2 Å². The molecule has 2 fully saturated rings. The van der Waals surface area contributed by atoms with E-state index in [1.54, 1.807) is 7.11 Å². The lowest BCUT2D eigenvalue weighted by atomic mass is 9.56. The number of hydrogen-bond donors (Lipinski definition) is 0. The number of rotatable bonds is 2. The van der Waals surface area contributed by atoms with Gasteiger partial charge in [-0.05, 0) is 80.4 Å². The lowest BCUT2D eigenvalue weighted by Gasteiger charge is -2.52. The molecule has 1 saturated carbocycles. The van der Waals surface area contributed by atoms with Gasteiger partial charge in [0.2, 0.25) is 0 Å². The molecule has 28 heavy (non-hydrogen) atoms. The van der Waals surface area contributed by atoms with Crippen molar-refractivity contribution in [3.63, 3.8) is 0 Å². The van der Waals surface area contributed by atoms with Crippen LogP contribution in [-0.2, 0) is 10.2 Å². The van der Waals surface area contributed by atoms with Crippen molar-refractivity contribution < 1.29 is 14.3 Å². The highest BCUT2D eigenvalue weighted by molar-refractivity contribution is 5.68. The first kappa shape index (κ1) is 21.0. The number of benzene rings is 1. The Labute approximate surface area is 170 Å². The van der Waals surface area contributed by atoms with E-state index in [2.05, 4.69) is 39.0 Å². The number of piperidine rings is 1. The van der Waals surface area contributed by atoms with Gasteiger partial charge in [0.05, 0.1) is 7.11 Å². The number of methoxy groups -OCH3 is 1. The highest BCUT2D eigenvalue weighted by Crippen LogP contribution is 2.58. The first-order chi connectivity index (χ1) is 12.9. The second kappa shape index (κ2) is 7.27. The second-order valence-corrected chi connectivity index (χ2v) is 10.8. The molecule has 0 unspecified atom stereocenters. The standard InChI is InChI=1S/C24H37NO3/c1-22(2,3)18-8-9-20(27-7)19(14-18)17-15-24(16-17)10-12-25(13-11-24)21(26)28-23(4,5)6/h8-9,14,17H,10-13,15-16H2,1-7H3. The Kier molecular flexibility index (Phi) is 5.46. The molecule has 1 saturated heterocycles. The molecule has 0 N–H and O–H groups in total. The topological polar surface area (TPSA) is 38.8 Å². The van der Waals surface area contributed by atoms with Crippen LogP contribution in [-0.4, -0.2) is 36.8 Å². The van der Waals surface area contributed by atoms with E-state index in [0.717, 1.165) is 31.7 Å². The summed E-state index contributed by atoms with van der Waals surface area (Å²) in [6.07, 6.45) is 4.37. The molecule has 1 aromatic carbocycles. The van der Waals surface area contributed by atoms with Crippen LogP contribution < -0.4 is 4.74 Å². The fourth-order valence-corrected chi connectivity index (χ4v) is 4.62. The smallest absolute Gasteiger partial charge is 0.410 e. The van der Waals surface area contributed by atoms with Gasteiger partial charge in [0.25, 0.3) is 0 Å². The Morgan fingerprint density at radius 2 is 1.68 bits per heavy atom. The normalized spacial score (nSPS) is 20.0. The molecule has 4 nitrogen and oxygen atoms in total. The van der Waals surface area contributed by atoms with E-state index in [-0.39, 0.29) is 11.5 Å². The van der Waals surface area contributed by atoms with Crippen molar-refractivity contribution in [2.75, 3.05) is 20.2 Å². The fraction of sp³-hybridized carbons (Fsp3) is 0.708. The van der Waals surface area contributed by atoms with Gasteiger partial charge in [-0.15, -0.1) is 0 Å². The molecule has 2 aliphatic rings. The minimum Gasteiger partial charge on any atom is -0.496 e. The van der Waals surface area contributed by atoms with Crippen molar-refractivity contribution in [3.05, 3.63) is 29.3 Å². The second-order valence-electron chi connectivity index (χ2n) is 10.8. The molecule has 156 valence electrons. The molecule has 1 heterocycles. The first-order valence-electron chi connectivity index (χ1n) is 10.6. The monoisotopic (exact) mass is 387 g/mol. The van der Waals surface area contributed by atoms with E-state index in [0.29, 0.717) is 11.3 Å². The number of likely N-dealkylation sites (tertiary alicyclic amines) is 1. The lowest BCUT2D eigenvalue weighted by molar-refractivity contribution is -0.0123. The molecule has 0 bridgehead atoms. The summed E-state index contributed by atoms with van der Waals surface area (Å²) in [6, 6.07) is 6.67. The minimum atomic E-state index is -0.428.